The van der Waals surface area contributed by atoms with Crippen LogP contribution in [-0.2, 0) is 64.0 Å². The number of hydrogen-bond acceptors (Lipinski definition) is 17. The number of carboxylic acids is 1. The number of primary amides is 2. The van der Waals surface area contributed by atoms with E-state index in [0.717, 1.165) is 6.92 Å². The Morgan fingerprint density at radius 1 is 0.579 bits per heavy atom. The highest BCUT2D eigenvalue weighted by molar-refractivity contribution is 5.99. The van der Waals surface area contributed by atoms with E-state index in [1.807, 2.05) is 0 Å². The number of aromatic nitrogens is 2. The summed E-state index contributed by atoms with van der Waals surface area (Å²) in [7, 11) is 0. The zero-order valence-electron chi connectivity index (χ0n) is 43.1. The maximum Gasteiger partial charge on any atom is 0.325 e. The number of aliphatic imine (C=N–C) groups is 1. The van der Waals surface area contributed by atoms with Crippen LogP contribution in [0.5, 0.6) is 0 Å². The van der Waals surface area contributed by atoms with Gasteiger partial charge in [0.15, 0.2) is 5.96 Å². The van der Waals surface area contributed by atoms with E-state index in [1.54, 1.807) is 13.8 Å². The molecule has 0 saturated carbocycles. The number of unbranched alkanes of at least 4 members (excludes halogenated alkanes) is 1. The van der Waals surface area contributed by atoms with Crippen molar-refractivity contribution in [3.63, 3.8) is 0 Å². The summed E-state index contributed by atoms with van der Waals surface area (Å²) in [6, 6.07) is -14.6. The van der Waals surface area contributed by atoms with Crippen molar-refractivity contribution in [2.24, 2.45) is 45.3 Å². The molecule has 1 aromatic heterocycles. The lowest BCUT2D eigenvalue weighted by Gasteiger charge is -2.28. The van der Waals surface area contributed by atoms with Crippen LogP contribution in [0.2, 0.25) is 0 Å². The number of carboxylic acid groups (broad SMARTS) is 1. The standard InChI is InChI=1S/C44H76N18O14/c1-20(2)33(62-35(67)22(4)54-34(66)21(3)46)42(74)60-29(16-32(48)65)40(72)59-28(15-24-17-51-19-53-24)39(71)58-27(11-12-31(47)64)38(70)57-26(10-8-14-52-44(49)50)36(68)56-25(9-6-7-13-45)37(69)61-30(18-63)41(73)55-23(5)43(75)76/h17,19-23,25-30,33,63H,6-16,18,45-46H2,1-5H3,(H2,47,64)(H2,48,65)(H,51,53)(H,54,66)(H,55,73)(H,56,68)(H,57,70)(H,58,71)(H,59,72)(H,60,74)(H,61,69)(H,62,67)(H,75,76)(H4,49,50,52). The molecule has 1 aromatic rings. The number of carbonyl (C=O) groups excluding carboxylic acids is 11. The molecular formula is C44H76N18O14. The number of H-pyrrole nitrogens is 1. The fourth-order valence-electron chi connectivity index (χ4n) is 6.74. The zero-order valence-corrected chi connectivity index (χ0v) is 43.1. The Balaban J connectivity index is 3.61. The molecule has 32 nitrogen and oxygen atoms in total. The van der Waals surface area contributed by atoms with Crippen molar-refractivity contribution >= 4 is 76.9 Å². The number of aromatic amines is 1. The molecule has 76 heavy (non-hydrogen) atoms. The zero-order chi connectivity index (χ0) is 57.8. The predicted octanol–water partition coefficient (Wildman–Crippen LogP) is -8.24. The number of carbonyl (C=O) groups is 12. The van der Waals surface area contributed by atoms with E-state index in [1.165, 1.54) is 26.4 Å². The van der Waals surface area contributed by atoms with Gasteiger partial charge in [-0.15, -0.1) is 0 Å². The van der Waals surface area contributed by atoms with Gasteiger partial charge in [0.25, 0.3) is 0 Å². The number of aliphatic carboxylic acids is 1. The number of nitrogens with zero attached hydrogens (tertiary/aromatic N) is 2. The Hall–Kier alpha value is -8.00. The smallest absolute Gasteiger partial charge is 0.325 e. The summed E-state index contributed by atoms with van der Waals surface area (Å²) in [5, 5.41) is 40.6. The number of imidazole rings is 1. The van der Waals surface area contributed by atoms with Gasteiger partial charge in [0.1, 0.15) is 54.4 Å². The van der Waals surface area contributed by atoms with Gasteiger partial charge in [-0.1, -0.05) is 13.8 Å². The second-order valence-electron chi connectivity index (χ2n) is 18.1. The molecule has 11 amide bonds. The molecule has 10 atom stereocenters. The molecule has 1 rings (SSSR count). The monoisotopic (exact) mass is 1080 g/mol. The van der Waals surface area contributed by atoms with E-state index in [4.69, 9.17) is 34.4 Å². The van der Waals surface area contributed by atoms with Crippen molar-refractivity contribution in [1.82, 2.24) is 57.8 Å². The first kappa shape index (κ1) is 66.0. The Morgan fingerprint density at radius 2 is 1.07 bits per heavy atom. The third-order valence-corrected chi connectivity index (χ3v) is 11.1. The van der Waals surface area contributed by atoms with Gasteiger partial charge in [0.05, 0.1) is 25.4 Å². The quantitative estimate of drug-likeness (QED) is 0.0169. The number of guanidine groups is 1. The third kappa shape index (κ3) is 24.8. The maximum atomic E-state index is 14.3. The van der Waals surface area contributed by atoms with E-state index in [9.17, 15) is 67.7 Å². The molecule has 0 aliphatic rings. The van der Waals surface area contributed by atoms with Crippen LogP contribution < -0.4 is 82.3 Å². The van der Waals surface area contributed by atoms with Gasteiger partial charge in [0.2, 0.25) is 65.0 Å². The lowest BCUT2D eigenvalue weighted by atomic mass is 10.0. The molecule has 0 aliphatic heterocycles. The van der Waals surface area contributed by atoms with Gasteiger partial charge < -0.3 is 97.5 Å². The number of hydrogen-bond donors (Lipinski definition) is 18. The molecule has 10 unspecified atom stereocenters. The highest BCUT2D eigenvalue weighted by Crippen LogP contribution is 2.10. The molecule has 1 heterocycles. The normalized spacial score (nSPS) is 14.9. The van der Waals surface area contributed by atoms with Crippen molar-refractivity contribution in [3.05, 3.63) is 18.2 Å². The van der Waals surface area contributed by atoms with Crippen molar-refractivity contribution in [1.29, 1.82) is 0 Å². The van der Waals surface area contributed by atoms with Gasteiger partial charge in [0, 0.05) is 31.3 Å². The molecule has 24 N–H and O–H groups in total. The lowest BCUT2D eigenvalue weighted by Crippen LogP contribution is -2.61. The molecule has 0 fully saturated rings. The summed E-state index contributed by atoms with van der Waals surface area (Å²) in [5.41, 5.74) is 33.3. The summed E-state index contributed by atoms with van der Waals surface area (Å²) in [5.74, 6) is -13.0. The average Bonchev–Trinajstić information content (AvgIpc) is 3.86. The van der Waals surface area contributed by atoms with Crippen LogP contribution in [-0.4, -0.2) is 177 Å². The fourth-order valence-corrected chi connectivity index (χ4v) is 6.74. The van der Waals surface area contributed by atoms with Crippen molar-refractivity contribution in [2.45, 2.75) is 153 Å². The molecule has 32 heteroatoms. The topological polar surface area (TPSA) is 551 Å². The van der Waals surface area contributed by atoms with Gasteiger partial charge in [-0.05, 0) is 71.8 Å². The maximum absolute atomic E-state index is 14.3. The molecule has 0 radical (unpaired) electrons. The highest BCUT2D eigenvalue weighted by atomic mass is 16.4. The first-order valence-corrected chi connectivity index (χ1v) is 24.2. The van der Waals surface area contributed by atoms with Gasteiger partial charge in [-0.25, -0.2) is 4.98 Å². The molecule has 0 bridgehead atoms. The second-order valence-corrected chi connectivity index (χ2v) is 18.1. The van der Waals surface area contributed by atoms with Crippen molar-refractivity contribution in [2.75, 3.05) is 19.7 Å². The molecule has 0 saturated heterocycles. The van der Waals surface area contributed by atoms with Crippen LogP contribution in [0.15, 0.2) is 17.5 Å². The number of aliphatic hydroxyl groups excluding tert-OH is 1. The van der Waals surface area contributed by atoms with Gasteiger partial charge in [-0.2, -0.15) is 0 Å². The minimum absolute atomic E-state index is 0.0319. The lowest BCUT2D eigenvalue weighted by molar-refractivity contribution is -0.142. The first-order chi connectivity index (χ1) is 35.6. The van der Waals surface area contributed by atoms with Crippen LogP contribution in [0, 0.1) is 5.92 Å². The Labute approximate surface area is 437 Å². The SMILES string of the molecule is CC(N)C(=O)NC(C)C(=O)NC(C(=O)NC(CC(N)=O)C(=O)NC(Cc1cnc[nH]1)C(=O)NC(CCC(N)=O)C(=O)NC(CCCN=C(N)N)C(=O)NC(CCCCN)C(=O)NC(CO)C(=O)NC(C)C(=O)O)C(C)C. The molecule has 0 aromatic carbocycles. The summed E-state index contributed by atoms with van der Waals surface area (Å²) < 4.78 is 0. The highest BCUT2D eigenvalue weighted by Gasteiger charge is 2.36. The van der Waals surface area contributed by atoms with Crippen LogP contribution >= 0.6 is 0 Å². The number of nitrogens with two attached hydrogens (primary N) is 6. The Kier molecular flexibility index (Phi) is 29.3. The minimum Gasteiger partial charge on any atom is -0.480 e. The summed E-state index contributed by atoms with van der Waals surface area (Å²) in [6.45, 7) is 6.17. The number of rotatable bonds is 36. The van der Waals surface area contributed by atoms with Crippen LogP contribution in [0.1, 0.15) is 91.7 Å². The molecule has 0 spiro atoms. The molecule has 426 valence electrons. The van der Waals surface area contributed by atoms with Gasteiger partial charge >= 0.3 is 5.97 Å². The summed E-state index contributed by atoms with van der Waals surface area (Å²) >= 11 is 0. The van der Waals surface area contributed by atoms with Crippen LogP contribution in [0.3, 0.4) is 0 Å². The Bertz CT molecular complexity index is 2190. The van der Waals surface area contributed by atoms with Crippen LogP contribution in [0.25, 0.3) is 0 Å². The average molecular weight is 1080 g/mol. The molecular weight excluding hydrogens is 1000 g/mol. The van der Waals surface area contributed by atoms with Crippen molar-refractivity contribution < 1.29 is 67.7 Å². The first-order valence-electron chi connectivity index (χ1n) is 24.2. The van der Waals surface area contributed by atoms with Crippen LogP contribution in [0.4, 0.5) is 0 Å². The number of nitrogens with one attached hydrogen (secondary N) is 10. The van der Waals surface area contributed by atoms with E-state index in [2.05, 4.69) is 62.8 Å². The van der Waals surface area contributed by atoms with Crippen molar-refractivity contribution in [3.8, 4) is 0 Å². The van der Waals surface area contributed by atoms with E-state index < -0.39 is 163 Å². The largest absolute Gasteiger partial charge is 0.480 e. The van der Waals surface area contributed by atoms with E-state index in [0.29, 0.717) is 6.42 Å². The Morgan fingerprint density at radius 3 is 1.54 bits per heavy atom. The number of amides is 11. The van der Waals surface area contributed by atoms with E-state index in [-0.39, 0.29) is 56.8 Å². The summed E-state index contributed by atoms with van der Waals surface area (Å²) in [4.78, 5) is 168. The van der Waals surface area contributed by atoms with Gasteiger partial charge in [-0.3, -0.25) is 62.5 Å². The third-order valence-electron chi connectivity index (χ3n) is 11.1. The predicted molar refractivity (Wildman–Crippen MR) is 269 cm³/mol. The minimum atomic E-state index is -1.77. The molecule has 0 aliphatic carbocycles. The second kappa shape index (κ2) is 33.7. The van der Waals surface area contributed by atoms with E-state index >= 15 is 0 Å². The fraction of sp³-hybridized carbons (Fsp3) is 0.636. The number of aliphatic hydroxyl groups is 1. The summed E-state index contributed by atoms with van der Waals surface area (Å²) in [6.07, 6.45) is 0.744.